The first-order valence-corrected chi connectivity index (χ1v) is 7.03. The van der Waals surface area contributed by atoms with E-state index in [1.807, 2.05) is 0 Å². The molecule has 7 nitrogen and oxygen atoms in total. The highest BCUT2D eigenvalue weighted by Gasteiger charge is 2.29. The van der Waals surface area contributed by atoms with Gasteiger partial charge in [-0.15, -0.1) is 0 Å². The number of carboxylic acid groups (broad SMARTS) is 1. The molecule has 1 aromatic rings. The fourth-order valence-corrected chi connectivity index (χ4v) is 2.18. The molecule has 24 heavy (non-hydrogen) atoms. The van der Waals surface area contributed by atoms with E-state index in [4.69, 9.17) is 9.84 Å². The third kappa shape index (κ3) is 5.37. The highest BCUT2D eigenvalue weighted by molar-refractivity contribution is 5.94. The van der Waals surface area contributed by atoms with E-state index in [-0.39, 0.29) is 37.6 Å². The number of ether oxygens (including phenoxy) is 2. The second kappa shape index (κ2) is 7.47. The first kappa shape index (κ1) is 18.0. The summed E-state index contributed by atoms with van der Waals surface area (Å²) in [6.07, 6.45) is -4.19. The first-order chi connectivity index (χ1) is 11.2. The van der Waals surface area contributed by atoms with E-state index in [0.717, 1.165) is 6.07 Å². The third-order valence-corrected chi connectivity index (χ3v) is 3.19. The number of aromatic nitrogens is 1. The predicted octanol–water partition coefficient (Wildman–Crippen LogP) is 1.34. The van der Waals surface area contributed by atoms with Crippen LogP contribution in [0.4, 0.5) is 13.2 Å². The Kier molecular flexibility index (Phi) is 5.60. The smallest absolute Gasteiger partial charge is 0.422 e. The van der Waals surface area contributed by atoms with Crippen LogP contribution in [0.5, 0.6) is 5.88 Å². The van der Waals surface area contributed by atoms with E-state index in [1.54, 1.807) is 0 Å². The molecule has 132 valence electrons. The van der Waals surface area contributed by atoms with Crippen molar-refractivity contribution in [1.29, 1.82) is 0 Å². The number of nitrogens with zero attached hydrogens (tertiary/aromatic N) is 2. The van der Waals surface area contributed by atoms with E-state index in [1.165, 1.54) is 17.2 Å². The largest absolute Gasteiger partial charge is 0.481 e. The topological polar surface area (TPSA) is 89.0 Å². The van der Waals surface area contributed by atoms with Crippen molar-refractivity contribution in [2.24, 2.45) is 0 Å². The van der Waals surface area contributed by atoms with Crippen LogP contribution in [0.25, 0.3) is 0 Å². The molecule has 0 bridgehead atoms. The van der Waals surface area contributed by atoms with Crippen LogP contribution in [0.15, 0.2) is 18.3 Å². The van der Waals surface area contributed by atoms with E-state index in [0.29, 0.717) is 0 Å². The maximum atomic E-state index is 12.4. The van der Waals surface area contributed by atoms with Crippen molar-refractivity contribution in [3.8, 4) is 5.88 Å². The van der Waals surface area contributed by atoms with Crippen LogP contribution in [0.3, 0.4) is 0 Å². The van der Waals surface area contributed by atoms with Gasteiger partial charge in [0.2, 0.25) is 5.88 Å². The van der Waals surface area contributed by atoms with Crippen molar-refractivity contribution in [1.82, 2.24) is 9.88 Å². The third-order valence-electron chi connectivity index (χ3n) is 3.19. The van der Waals surface area contributed by atoms with Gasteiger partial charge >= 0.3 is 12.1 Å². The molecule has 1 aliphatic heterocycles. The molecule has 1 amide bonds. The summed E-state index contributed by atoms with van der Waals surface area (Å²) in [7, 11) is 0. The zero-order valence-electron chi connectivity index (χ0n) is 12.5. The van der Waals surface area contributed by atoms with Crippen LogP contribution in [0.2, 0.25) is 0 Å². The van der Waals surface area contributed by atoms with E-state index >= 15 is 0 Å². The Balaban J connectivity index is 2.02. The molecule has 2 heterocycles. The minimum Gasteiger partial charge on any atom is -0.481 e. The number of amides is 1. The molecular formula is C14H15F3N2O5. The fourth-order valence-electron chi connectivity index (χ4n) is 2.18. The maximum Gasteiger partial charge on any atom is 0.422 e. The lowest BCUT2D eigenvalue weighted by molar-refractivity contribution is -0.154. The zero-order chi connectivity index (χ0) is 17.7. The number of alkyl halides is 3. The van der Waals surface area contributed by atoms with Crippen LogP contribution in [0.1, 0.15) is 16.8 Å². The minimum absolute atomic E-state index is 0.0895. The molecule has 1 aromatic heterocycles. The van der Waals surface area contributed by atoms with Crippen LogP contribution < -0.4 is 4.74 Å². The van der Waals surface area contributed by atoms with Gasteiger partial charge in [0, 0.05) is 30.9 Å². The number of aliphatic carboxylic acids is 1. The summed E-state index contributed by atoms with van der Waals surface area (Å²) < 4.78 is 46.2. The number of carbonyl (C=O) groups is 2. The van der Waals surface area contributed by atoms with Gasteiger partial charge in [0.1, 0.15) is 0 Å². The Labute approximate surface area is 135 Å². The van der Waals surface area contributed by atoms with Crippen LogP contribution in [0, 0.1) is 0 Å². The molecule has 1 saturated heterocycles. The standard InChI is InChI=1S/C14H15F3N2O5/c15-14(16,17)8-24-11-5-9(1-2-18-11)13(22)19-3-4-23-10(7-19)6-12(20)21/h1-2,5,10H,3-4,6-8H2,(H,20,21). The molecule has 0 spiro atoms. The molecule has 0 aliphatic carbocycles. The molecule has 1 fully saturated rings. The average Bonchev–Trinajstić information content (AvgIpc) is 2.51. The summed E-state index contributed by atoms with van der Waals surface area (Å²) in [6, 6.07) is 2.47. The first-order valence-electron chi connectivity index (χ1n) is 7.03. The Bertz CT molecular complexity index is 608. The summed E-state index contributed by atoms with van der Waals surface area (Å²) >= 11 is 0. The normalized spacial score (nSPS) is 18.3. The number of hydrogen-bond donors (Lipinski definition) is 1. The Hall–Kier alpha value is -2.36. The van der Waals surface area contributed by atoms with Gasteiger partial charge < -0.3 is 19.5 Å². The van der Waals surface area contributed by atoms with E-state index in [9.17, 15) is 22.8 Å². The van der Waals surface area contributed by atoms with Gasteiger partial charge in [0.05, 0.1) is 19.1 Å². The second-order valence-corrected chi connectivity index (χ2v) is 5.13. The van der Waals surface area contributed by atoms with Gasteiger partial charge in [-0.05, 0) is 6.07 Å². The monoisotopic (exact) mass is 348 g/mol. The number of rotatable bonds is 5. The zero-order valence-corrected chi connectivity index (χ0v) is 12.5. The number of halogens is 3. The summed E-state index contributed by atoms with van der Waals surface area (Å²) in [4.78, 5) is 28.1. The SMILES string of the molecule is O=C(O)CC1CN(C(=O)c2ccnc(OCC(F)(F)F)c2)CCO1. The minimum atomic E-state index is -4.50. The number of hydrogen-bond acceptors (Lipinski definition) is 5. The van der Waals surface area contributed by atoms with Gasteiger partial charge in [-0.2, -0.15) is 13.2 Å². The van der Waals surface area contributed by atoms with Crippen molar-refractivity contribution in [2.45, 2.75) is 18.7 Å². The van der Waals surface area contributed by atoms with Crippen molar-refractivity contribution in [3.05, 3.63) is 23.9 Å². The van der Waals surface area contributed by atoms with Crippen molar-refractivity contribution in [3.63, 3.8) is 0 Å². The number of carboxylic acids is 1. The molecule has 0 saturated carbocycles. The molecule has 1 unspecified atom stereocenters. The van der Waals surface area contributed by atoms with Crippen molar-refractivity contribution >= 4 is 11.9 Å². The Morgan fingerprint density at radius 3 is 2.88 bits per heavy atom. The quantitative estimate of drug-likeness (QED) is 0.864. The fraction of sp³-hybridized carbons (Fsp3) is 0.500. The van der Waals surface area contributed by atoms with Crippen LogP contribution >= 0.6 is 0 Å². The molecule has 1 N–H and O–H groups in total. The maximum absolute atomic E-state index is 12.4. The van der Waals surface area contributed by atoms with Gasteiger partial charge in [-0.1, -0.05) is 0 Å². The number of morpholine rings is 1. The number of carbonyl (C=O) groups excluding carboxylic acids is 1. The van der Waals surface area contributed by atoms with Gasteiger partial charge in [-0.3, -0.25) is 9.59 Å². The van der Waals surface area contributed by atoms with Crippen molar-refractivity contribution in [2.75, 3.05) is 26.3 Å². The molecule has 0 aromatic carbocycles. The summed E-state index contributed by atoms with van der Waals surface area (Å²) in [6.45, 7) is -0.968. The average molecular weight is 348 g/mol. The van der Waals surface area contributed by atoms with E-state index in [2.05, 4.69) is 9.72 Å². The molecule has 0 radical (unpaired) electrons. The molecular weight excluding hydrogens is 333 g/mol. The summed E-state index contributed by atoms with van der Waals surface area (Å²) in [5.41, 5.74) is 0.109. The molecule has 2 rings (SSSR count). The van der Waals surface area contributed by atoms with Crippen LogP contribution in [-0.4, -0.2) is 65.5 Å². The lowest BCUT2D eigenvalue weighted by Gasteiger charge is -2.32. The lowest BCUT2D eigenvalue weighted by atomic mass is 10.1. The second-order valence-electron chi connectivity index (χ2n) is 5.13. The highest BCUT2D eigenvalue weighted by atomic mass is 19.4. The van der Waals surface area contributed by atoms with E-state index < -0.39 is 30.8 Å². The highest BCUT2D eigenvalue weighted by Crippen LogP contribution is 2.19. The summed E-state index contributed by atoms with van der Waals surface area (Å²) in [5.74, 6) is -1.80. The summed E-state index contributed by atoms with van der Waals surface area (Å²) in [5, 5.41) is 8.77. The predicted molar refractivity (Wildman–Crippen MR) is 73.7 cm³/mol. The van der Waals surface area contributed by atoms with Gasteiger partial charge in [-0.25, -0.2) is 4.98 Å². The Morgan fingerprint density at radius 2 is 2.21 bits per heavy atom. The Morgan fingerprint density at radius 1 is 1.46 bits per heavy atom. The van der Waals surface area contributed by atoms with Gasteiger partial charge in [0.25, 0.3) is 5.91 Å². The number of pyridine rings is 1. The molecule has 1 atom stereocenters. The molecule has 10 heteroatoms. The van der Waals surface area contributed by atoms with Crippen LogP contribution in [-0.2, 0) is 9.53 Å². The van der Waals surface area contributed by atoms with Gasteiger partial charge in [0.15, 0.2) is 6.61 Å². The van der Waals surface area contributed by atoms with Crippen molar-refractivity contribution < 1.29 is 37.3 Å². The molecule has 1 aliphatic rings. The lowest BCUT2D eigenvalue weighted by Crippen LogP contribution is -2.46.